The standard InChI is InChI=1S/C10H15N3OS/c1-6-12-8(5-15-6)10-7(11)3-4-9(14)13(10)2/h5,7,10H,3-4,11H2,1-2H3. The minimum atomic E-state index is -0.0452. The number of carbonyl (C=O) groups excluding carboxylic acids is 1. The molecule has 0 bridgehead atoms. The molecule has 4 nitrogen and oxygen atoms in total. The maximum absolute atomic E-state index is 11.6. The third kappa shape index (κ3) is 1.89. The zero-order chi connectivity index (χ0) is 11.0. The van der Waals surface area contributed by atoms with E-state index in [1.54, 1.807) is 23.3 Å². The molecule has 1 aliphatic heterocycles. The van der Waals surface area contributed by atoms with E-state index < -0.39 is 0 Å². The molecule has 2 N–H and O–H groups in total. The Labute approximate surface area is 93.1 Å². The molecule has 1 fully saturated rings. The van der Waals surface area contributed by atoms with Gasteiger partial charge in [-0.3, -0.25) is 4.79 Å². The summed E-state index contributed by atoms with van der Waals surface area (Å²) in [4.78, 5) is 17.7. The van der Waals surface area contributed by atoms with E-state index in [1.165, 1.54) is 0 Å². The molecule has 0 aromatic carbocycles. The molecular formula is C10H15N3OS. The van der Waals surface area contributed by atoms with Gasteiger partial charge < -0.3 is 10.6 Å². The van der Waals surface area contributed by atoms with Crippen molar-refractivity contribution in [2.45, 2.75) is 31.8 Å². The van der Waals surface area contributed by atoms with Gasteiger partial charge in [-0.05, 0) is 13.3 Å². The zero-order valence-corrected chi connectivity index (χ0v) is 9.75. The number of aryl methyl sites for hydroxylation is 1. The minimum Gasteiger partial charge on any atom is -0.336 e. The molecule has 1 aliphatic rings. The number of hydrogen-bond acceptors (Lipinski definition) is 4. The van der Waals surface area contributed by atoms with Crippen LogP contribution in [0.4, 0.5) is 0 Å². The Balaban J connectivity index is 2.28. The number of carbonyl (C=O) groups is 1. The first-order valence-corrected chi connectivity index (χ1v) is 5.91. The summed E-state index contributed by atoms with van der Waals surface area (Å²) in [6.07, 6.45) is 1.31. The van der Waals surface area contributed by atoms with E-state index in [2.05, 4.69) is 4.98 Å². The molecule has 0 aliphatic carbocycles. The smallest absolute Gasteiger partial charge is 0.222 e. The van der Waals surface area contributed by atoms with E-state index >= 15 is 0 Å². The highest BCUT2D eigenvalue weighted by atomic mass is 32.1. The predicted octanol–water partition coefficient (Wildman–Crippen LogP) is 1.07. The van der Waals surface area contributed by atoms with Gasteiger partial charge in [0.2, 0.25) is 5.91 Å². The molecule has 1 aromatic rings. The van der Waals surface area contributed by atoms with E-state index in [-0.39, 0.29) is 18.0 Å². The van der Waals surface area contributed by atoms with Crippen LogP contribution in [-0.2, 0) is 4.79 Å². The van der Waals surface area contributed by atoms with Crippen LogP contribution in [0, 0.1) is 6.92 Å². The molecule has 15 heavy (non-hydrogen) atoms. The fourth-order valence-electron chi connectivity index (χ4n) is 2.00. The maximum atomic E-state index is 11.6. The Morgan fingerprint density at radius 3 is 3.00 bits per heavy atom. The number of nitrogens with zero attached hydrogens (tertiary/aromatic N) is 2. The normalized spacial score (nSPS) is 27.1. The van der Waals surface area contributed by atoms with Gasteiger partial charge in [0, 0.05) is 24.9 Å². The van der Waals surface area contributed by atoms with Crippen molar-refractivity contribution in [2.24, 2.45) is 5.73 Å². The molecular weight excluding hydrogens is 210 g/mol. The maximum Gasteiger partial charge on any atom is 0.222 e. The van der Waals surface area contributed by atoms with Gasteiger partial charge in [-0.1, -0.05) is 0 Å². The van der Waals surface area contributed by atoms with Crippen molar-refractivity contribution in [2.75, 3.05) is 7.05 Å². The predicted molar refractivity (Wildman–Crippen MR) is 59.6 cm³/mol. The SMILES string of the molecule is Cc1nc(C2C(N)CCC(=O)N2C)cs1. The summed E-state index contributed by atoms with van der Waals surface area (Å²) in [5, 5.41) is 3.01. The van der Waals surface area contributed by atoms with Crippen LogP contribution >= 0.6 is 11.3 Å². The number of piperidine rings is 1. The molecule has 2 heterocycles. The Hall–Kier alpha value is -0.940. The topological polar surface area (TPSA) is 59.2 Å². The summed E-state index contributed by atoms with van der Waals surface area (Å²) >= 11 is 1.60. The number of nitrogens with two attached hydrogens (primary N) is 1. The van der Waals surface area contributed by atoms with Crippen LogP contribution in [0.2, 0.25) is 0 Å². The van der Waals surface area contributed by atoms with Crippen molar-refractivity contribution >= 4 is 17.2 Å². The van der Waals surface area contributed by atoms with Crippen LogP contribution in [0.1, 0.15) is 29.6 Å². The van der Waals surface area contributed by atoms with Gasteiger partial charge in [0.1, 0.15) is 0 Å². The van der Waals surface area contributed by atoms with E-state index in [1.807, 2.05) is 12.3 Å². The van der Waals surface area contributed by atoms with E-state index in [4.69, 9.17) is 5.73 Å². The van der Waals surface area contributed by atoms with E-state index in [0.717, 1.165) is 17.1 Å². The van der Waals surface area contributed by atoms with Crippen molar-refractivity contribution in [3.63, 3.8) is 0 Å². The fourth-order valence-corrected chi connectivity index (χ4v) is 2.64. The molecule has 1 aromatic heterocycles. The second-order valence-corrected chi connectivity index (χ2v) is 5.01. The quantitative estimate of drug-likeness (QED) is 0.777. The molecule has 1 saturated heterocycles. The molecule has 0 saturated carbocycles. The van der Waals surface area contributed by atoms with Crippen molar-refractivity contribution in [1.82, 2.24) is 9.88 Å². The summed E-state index contributed by atoms with van der Waals surface area (Å²) in [5.74, 6) is 0.160. The second-order valence-electron chi connectivity index (χ2n) is 3.94. The average molecular weight is 225 g/mol. The molecule has 82 valence electrons. The summed E-state index contributed by atoms with van der Waals surface area (Å²) in [6.45, 7) is 1.96. The van der Waals surface area contributed by atoms with Crippen LogP contribution in [0.15, 0.2) is 5.38 Å². The van der Waals surface area contributed by atoms with Gasteiger partial charge in [-0.15, -0.1) is 11.3 Å². The zero-order valence-electron chi connectivity index (χ0n) is 8.93. The lowest BCUT2D eigenvalue weighted by atomic mass is 9.95. The second kappa shape index (κ2) is 3.90. The van der Waals surface area contributed by atoms with Gasteiger partial charge in [0.25, 0.3) is 0 Å². The van der Waals surface area contributed by atoms with Gasteiger partial charge in [0.05, 0.1) is 16.7 Å². The summed E-state index contributed by atoms with van der Waals surface area (Å²) in [7, 11) is 1.81. The van der Waals surface area contributed by atoms with Crippen LogP contribution in [0.5, 0.6) is 0 Å². The molecule has 2 rings (SSSR count). The van der Waals surface area contributed by atoms with Crippen molar-refractivity contribution < 1.29 is 4.79 Å². The summed E-state index contributed by atoms with van der Waals surface area (Å²) in [5.41, 5.74) is 6.97. The Morgan fingerprint density at radius 2 is 2.40 bits per heavy atom. The number of likely N-dealkylation sites (tertiary alicyclic amines) is 1. The van der Waals surface area contributed by atoms with Crippen LogP contribution < -0.4 is 5.73 Å². The monoisotopic (exact) mass is 225 g/mol. The summed E-state index contributed by atoms with van der Waals surface area (Å²) < 4.78 is 0. The molecule has 2 atom stereocenters. The Bertz CT molecular complexity index is 376. The first-order chi connectivity index (χ1) is 7.09. The number of hydrogen-bond donors (Lipinski definition) is 1. The Kier molecular flexibility index (Phi) is 2.75. The Morgan fingerprint density at radius 1 is 1.67 bits per heavy atom. The van der Waals surface area contributed by atoms with E-state index in [9.17, 15) is 4.79 Å². The fraction of sp³-hybridized carbons (Fsp3) is 0.600. The molecule has 0 radical (unpaired) electrons. The van der Waals surface area contributed by atoms with Crippen LogP contribution in [0.25, 0.3) is 0 Å². The average Bonchev–Trinajstić information content (AvgIpc) is 2.59. The number of likely N-dealkylation sites (N-methyl/N-ethyl adjacent to an activating group) is 1. The number of rotatable bonds is 1. The third-order valence-corrected chi connectivity index (χ3v) is 3.64. The van der Waals surface area contributed by atoms with Crippen molar-refractivity contribution in [3.05, 3.63) is 16.1 Å². The van der Waals surface area contributed by atoms with Crippen molar-refractivity contribution in [1.29, 1.82) is 0 Å². The van der Waals surface area contributed by atoms with Crippen LogP contribution in [0.3, 0.4) is 0 Å². The lowest BCUT2D eigenvalue weighted by molar-refractivity contribution is -0.135. The highest BCUT2D eigenvalue weighted by molar-refractivity contribution is 7.09. The first kappa shape index (κ1) is 10.6. The number of amides is 1. The lowest BCUT2D eigenvalue weighted by Gasteiger charge is -2.36. The van der Waals surface area contributed by atoms with Crippen molar-refractivity contribution in [3.8, 4) is 0 Å². The molecule has 2 unspecified atom stereocenters. The van der Waals surface area contributed by atoms with Gasteiger partial charge in [-0.25, -0.2) is 4.98 Å². The van der Waals surface area contributed by atoms with Gasteiger partial charge >= 0.3 is 0 Å². The highest BCUT2D eigenvalue weighted by Crippen LogP contribution is 2.29. The van der Waals surface area contributed by atoms with E-state index in [0.29, 0.717) is 6.42 Å². The number of thiazole rings is 1. The third-order valence-electron chi connectivity index (χ3n) is 2.85. The van der Waals surface area contributed by atoms with Crippen LogP contribution in [-0.4, -0.2) is 28.9 Å². The molecule has 5 heteroatoms. The minimum absolute atomic E-state index is 0.00852. The highest BCUT2D eigenvalue weighted by Gasteiger charge is 2.33. The molecule has 0 spiro atoms. The van der Waals surface area contributed by atoms with Gasteiger partial charge in [-0.2, -0.15) is 0 Å². The largest absolute Gasteiger partial charge is 0.336 e. The van der Waals surface area contributed by atoms with Gasteiger partial charge in [0.15, 0.2) is 0 Å². The number of aromatic nitrogens is 1. The first-order valence-electron chi connectivity index (χ1n) is 5.03. The summed E-state index contributed by atoms with van der Waals surface area (Å²) in [6, 6.07) is -0.0367. The molecule has 1 amide bonds. The lowest BCUT2D eigenvalue weighted by Crippen LogP contribution is -2.46.